The van der Waals surface area contributed by atoms with Crippen molar-refractivity contribution in [1.29, 1.82) is 0 Å². The predicted octanol–water partition coefficient (Wildman–Crippen LogP) is 3.65. The first kappa shape index (κ1) is 15.5. The number of hydrogen-bond donors (Lipinski definition) is 1. The summed E-state index contributed by atoms with van der Waals surface area (Å²) in [5.41, 5.74) is 4.59. The topological polar surface area (TPSA) is 15.3 Å². The monoisotopic (exact) mass is 274 g/mol. The van der Waals surface area contributed by atoms with Crippen molar-refractivity contribution in [2.24, 2.45) is 0 Å². The van der Waals surface area contributed by atoms with Crippen molar-refractivity contribution in [1.82, 2.24) is 10.2 Å². The van der Waals surface area contributed by atoms with Gasteiger partial charge in [0.25, 0.3) is 0 Å². The van der Waals surface area contributed by atoms with Gasteiger partial charge in [-0.05, 0) is 55.5 Å². The second-order valence-corrected chi connectivity index (χ2v) is 7.14. The standard InChI is InChI=1S/C18H30N2/c1-14-13-16(18(3,4)5)7-8-17(14)15(2)20-11-6-9-19-10-12-20/h7-8,13,15,19H,6,9-12H2,1-5H3. The predicted molar refractivity (Wildman–Crippen MR) is 87.4 cm³/mol. The van der Waals surface area contributed by atoms with E-state index in [1.54, 1.807) is 0 Å². The minimum absolute atomic E-state index is 0.235. The van der Waals surface area contributed by atoms with Gasteiger partial charge in [0, 0.05) is 19.1 Å². The van der Waals surface area contributed by atoms with E-state index in [4.69, 9.17) is 0 Å². The second kappa shape index (κ2) is 6.28. The van der Waals surface area contributed by atoms with E-state index >= 15 is 0 Å². The Morgan fingerprint density at radius 3 is 2.55 bits per heavy atom. The van der Waals surface area contributed by atoms with Crippen LogP contribution in [-0.2, 0) is 5.41 Å². The molecule has 0 saturated carbocycles. The summed E-state index contributed by atoms with van der Waals surface area (Å²) in [6, 6.07) is 7.55. The molecule has 1 aromatic rings. The van der Waals surface area contributed by atoms with Gasteiger partial charge >= 0.3 is 0 Å². The first-order valence-corrected chi connectivity index (χ1v) is 7.95. The molecular weight excluding hydrogens is 244 g/mol. The summed E-state index contributed by atoms with van der Waals surface area (Å²) < 4.78 is 0. The van der Waals surface area contributed by atoms with Gasteiger partial charge in [-0.3, -0.25) is 4.90 Å². The van der Waals surface area contributed by atoms with Crippen LogP contribution >= 0.6 is 0 Å². The van der Waals surface area contributed by atoms with Crippen molar-refractivity contribution < 1.29 is 0 Å². The SMILES string of the molecule is Cc1cc(C(C)(C)C)ccc1C(C)N1CCCNCC1. The zero-order valence-electron chi connectivity index (χ0n) is 13.8. The van der Waals surface area contributed by atoms with Crippen LogP contribution in [0.25, 0.3) is 0 Å². The fourth-order valence-electron chi connectivity index (χ4n) is 3.06. The highest BCUT2D eigenvalue weighted by Gasteiger charge is 2.20. The molecule has 20 heavy (non-hydrogen) atoms. The summed E-state index contributed by atoms with van der Waals surface area (Å²) in [5, 5.41) is 3.49. The highest BCUT2D eigenvalue weighted by Crippen LogP contribution is 2.29. The van der Waals surface area contributed by atoms with Crippen molar-refractivity contribution in [3.8, 4) is 0 Å². The Kier molecular flexibility index (Phi) is 4.87. The first-order valence-electron chi connectivity index (χ1n) is 7.95. The van der Waals surface area contributed by atoms with Crippen LogP contribution < -0.4 is 5.32 Å². The molecular formula is C18H30N2. The van der Waals surface area contributed by atoms with Crippen LogP contribution in [0.15, 0.2) is 18.2 Å². The third-order valence-corrected chi connectivity index (χ3v) is 4.51. The fourth-order valence-corrected chi connectivity index (χ4v) is 3.06. The van der Waals surface area contributed by atoms with Gasteiger partial charge in [0.05, 0.1) is 0 Å². The van der Waals surface area contributed by atoms with Crippen LogP contribution in [0.2, 0.25) is 0 Å². The summed E-state index contributed by atoms with van der Waals surface area (Å²) >= 11 is 0. The van der Waals surface area contributed by atoms with Crippen molar-refractivity contribution in [3.63, 3.8) is 0 Å². The zero-order valence-corrected chi connectivity index (χ0v) is 13.8. The van der Waals surface area contributed by atoms with Crippen molar-refractivity contribution in [2.75, 3.05) is 26.2 Å². The van der Waals surface area contributed by atoms with E-state index < -0.39 is 0 Å². The Labute approximate surface area is 124 Å². The maximum atomic E-state index is 3.49. The quantitative estimate of drug-likeness (QED) is 0.885. The third kappa shape index (κ3) is 3.62. The van der Waals surface area contributed by atoms with Crippen LogP contribution in [0.1, 0.15) is 56.8 Å². The normalized spacial score (nSPS) is 19.6. The molecule has 0 aliphatic carbocycles. The van der Waals surface area contributed by atoms with E-state index in [1.165, 1.54) is 29.7 Å². The minimum atomic E-state index is 0.235. The van der Waals surface area contributed by atoms with Gasteiger partial charge in [0.2, 0.25) is 0 Å². The van der Waals surface area contributed by atoms with Gasteiger partial charge in [-0.2, -0.15) is 0 Å². The largest absolute Gasteiger partial charge is 0.315 e. The molecule has 1 saturated heterocycles. The Hall–Kier alpha value is -0.860. The van der Waals surface area contributed by atoms with E-state index in [1.807, 2.05) is 0 Å². The maximum Gasteiger partial charge on any atom is 0.0323 e. The van der Waals surface area contributed by atoms with E-state index in [9.17, 15) is 0 Å². The van der Waals surface area contributed by atoms with E-state index in [-0.39, 0.29) is 5.41 Å². The fraction of sp³-hybridized carbons (Fsp3) is 0.667. The molecule has 1 atom stereocenters. The molecule has 1 unspecified atom stereocenters. The Morgan fingerprint density at radius 1 is 1.15 bits per heavy atom. The first-order chi connectivity index (χ1) is 9.39. The molecule has 0 radical (unpaired) electrons. The summed E-state index contributed by atoms with van der Waals surface area (Å²) in [6.45, 7) is 16.1. The molecule has 1 aromatic carbocycles. The van der Waals surface area contributed by atoms with E-state index in [0.29, 0.717) is 6.04 Å². The Balaban J connectivity index is 2.19. The van der Waals surface area contributed by atoms with E-state index in [0.717, 1.165) is 19.6 Å². The average Bonchev–Trinajstić information content (AvgIpc) is 2.65. The Morgan fingerprint density at radius 2 is 1.90 bits per heavy atom. The highest BCUT2D eigenvalue weighted by atomic mass is 15.2. The number of nitrogens with zero attached hydrogens (tertiary/aromatic N) is 1. The molecule has 0 bridgehead atoms. The molecule has 2 nitrogen and oxygen atoms in total. The lowest BCUT2D eigenvalue weighted by molar-refractivity contribution is 0.225. The average molecular weight is 274 g/mol. The molecule has 1 aliphatic heterocycles. The highest BCUT2D eigenvalue weighted by molar-refractivity contribution is 5.36. The number of benzene rings is 1. The molecule has 2 rings (SSSR count). The number of nitrogens with one attached hydrogen (secondary N) is 1. The molecule has 2 heteroatoms. The van der Waals surface area contributed by atoms with Gasteiger partial charge < -0.3 is 5.32 Å². The molecule has 0 spiro atoms. The summed E-state index contributed by atoms with van der Waals surface area (Å²) in [5.74, 6) is 0. The third-order valence-electron chi connectivity index (χ3n) is 4.51. The second-order valence-electron chi connectivity index (χ2n) is 7.14. The molecule has 1 heterocycles. The van der Waals surface area contributed by atoms with Crippen LogP contribution in [0.4, 0.5) is 0 Å². The van der Waals surface area contributed by atoms with Gasteiger partial charge in [0.15, 0.2) is 0 Å². The summed E-state index contributed by atoms with van der Waals surface area (Å²) in [7, 11) is 0. The number of rotatable bonds is 2. The van der Waals surface area contributed by atoms with Crippen LogP contribution in [0.3, 0.4) is 0 Å². The molecule has 1 fully saturated rings. The molecule has 112 valence electrons. The van der Waals surface area contributed by atoms with Crippen molar-refractivity contribution in [3.05, 3.63) is 34.9 Å². The van der Waals surface area contributed by atoms with E-state index in [2.05, 4.69) is 63.0 Å². The molecule has 0 aromatic heterocycles. The van der Waals surface area contributed by atoms with Gasteiger partial charge in [-0.1, -0.05) is 39.0 Å². The lowest BCUT2D eigenvalue weighted by Gasteiger charge is -2.30. The zero-order chi connectivity index (χ0) is 14.8. The number of hydrogen-bond acceptors (Lipinski definition) is 2. The summed E-state index contributed by atoms with van der Waals surface area (Å²) in [6.07, 6.45) is 1.25. The Bertz CT molecular complexity index is 437. The van der Waals surface area contributed by atoms with Gasteiger partial charge in [-0.25, -0.2) is 0 Å². The lowest BCUT2D eigenvalue weighted by atomic mass is 9.84. The van der Waals surface area contributed by atoms with Crippen LogP contribution in [0, 0.1) is 6.92 Å². The smallest absolute Gasteiger partial charge is 0.0323 e. The molecule has 1 aliphatic rings. The molecule has 1 N–H and O–H groups in total. The maximum absolute atomic E-state index is 3.49. The van der Waals surface area contributed by atoms with Crippen LogP contribution in [0.5, 0.6) is 0 Å². The van der Waals surface area contributed by atoms with Gasteiger partial charge in [-0.15, -0.1) is 0 Å². The van der Waals surface area contributed by atoms with Crippen molar-refractivity contribution >= 4 is 0 Å². The van der Waals surface area contributed by atoms with Crippen molar-refractivity contribution in [2.45, 2.75) is 52.5 Å². The molecule has 0 amide bonds. The summed E-state index contributed by atoms with van der Waals surface area (Å²) in [4.78, 5) is 2.61. The lowest BCUT2D eigenvalue weighted by Crippen LogP contribution is -2.31. The van der Waals surface area contributed by atoms with Crippen LogP contribution in [-0.4, -0.2) is 31.1 Å². The minimum Gasteiger partial charge on any atom is -0.315 e. The van der Waals surface area contributed by atoms with Gasteiger partial charge in [0.1, 0.15) is 0 Å². The number of aryl methyl sites for hydroxylation is 1.